The molecule has 20 heavy (non-hydrogen) atoms. The SMILES string of the molecule is CCOPCc1cc(C#N)c2ccc(C(=O)O)cc2c1. The van der Waals surface area contributed by atoms with Crippen LogP contribution in [-0.4, -0.2) is 17.7 Å². The van der Waals surface area contributed by atoms with Crippen molar-refractivity contribution in [3.8, 4) is 6.07 Å². The summed E-state index contributed by atoms with van der Waals surface area (Å²) in [5.41, 5.74) is 1.78. The minimum Gasteiger partial charge on any atom is -0.478 e. The summed E-state index contributed by atoms with van der Waals surface area (Å²) in [4.78, 5) is 11.0. The Kier molecular flexibility index (Phi) is 4.68. The van der Waals surface area contributed by atoms with Crippen LogP contribution in [0.3, 0.4) is 0 Å². The van der Waals surface area contributed by atoms with Crippen LogP contribution in [0.25, 0.3) is 10.8 Å². The Morgan fingerprint density at radius 2 is 2.20 bits per heavy atom. The van der Waals surface area contributed by atoms with Gasteiger partial charge in [0.2, 0.25) is 0 Å². The van der Waals surface area contributed by atoms with Crippen LogP contribution in [0.2, 0.25) is 0 Å². The summed E-state index contributed by atoms with van der Waals surface area (Å²) >= 11 is 0. The summed E-state index contributed by atoms with van der Waals surface area (Å²) < 4.78 is 5.34. The van der Waals surface area contributed by atoms with Crippen molar-refractivity contribution in [1.82, 2.24) is 0 Å². The first-order chi connectivity index (χ1) is 9.65. The fourth-order valence-corrected chi connectivity index (χ4v) is 2.67. The first-order valence-electron chi connectivity index (χ1n) is 6.20. The number of carboxylic acid groups (broad SMARTS) is 1. The zero-order valence-corrected chi connectivity index (χ0v) is 12.0. The zero-order chi connectivity index (χ0) is 14.5. The lowest BCUT2D eigenvalue weighted by atomic mass is 10.00. The number of hydrogen-bond acceptors (Lipinski definition) is 3. The summed E-state index contributed by atoms with van der Waals surface area (Å²) in [6.45, 7) is 2.60. The fourth-order valence-electron chi connectivity index (χ4n) is 2.00. The molecular weight excluding hydrogens is 273 g/mol. The third-order valence-corrected chi connectivity index (χ3v) is 3.95. The second-order valence-electron chi connectivity index (χ2n) is 4.25. The van der Waals surface area contributed by atoms with E-state index in [2.05, 4.69) is 6.07 Å². The van der Waals surface area contributed by atoms with E-state index in [-0.39, 0.29) is 5.56 Å². The molecule has 2 rings (SSSR count). The van der Waals surface area contributed by atoms with Gasteiger partial charge in [-0.1, -0.05) is 12.1 Å². The average Bonchev–Trinajstić information content (AvgIpc) is 2.46. The van der Waals surface area contributed by atoms with Crippen molar-refractivity contribution in [2.45, 2.75) is 13.1 Å². The van der Waals surface area contributed by atoms with Gasteiger partial charge in [-0.2, -0.15) is 5.26 Å². The molecule has 1 N–H and O–H groups in total. The van der Waals surface area contributed by atoms with Crippen molar-refractivity contribution >= 4 is 25.5 Å². The lowest BCUT2D eigenvalue weighted by molar-refractivity contribution is 0.0697. The Balaban J connectivity index is 2.46. The number of nitrogens with zero attached hydrogens (tertiary/aromatic N) is 1. The molecule has 0 heterocycles. The van der Waals surface area contributed by atoms with Gasteiger partial charge < -0.3 is 9.63 Å². The molecule has 2 aromatic carbocycles. The number of carbonyl (C=O) groups is 1. The maximum Gasteiger partial charge on any atom is 0.335 e. The highest BCUT2D eigenvalue weighted by atomic mass is 31.1. The van der Waals surface area contributed by atoms with Gasteiger partial charge in [-0.3, -0.25) is 0 Å². The van der Waals surface area contributed by atoms with E-state index in [1.165, 1.54) is 6.07 Å². The van der Waals surface area contributed by atoms with Crippen molar-refractivity contribution < 1.29 is 14.4 Å². The maximum absolute atomic E-state index is 11.0. The van der Waals surface area contributed by atoms with Crippen LogP contribution in [0, 0.1) is 11.3 Å². The minimum atomic E-state index is -0.966. The van der Waals surface area contributed by atoms with E-state index < -0.39 is 5.97 Å². The van der Waals surface area contributed by atoms with Crippen molar-refractivity contribution in [2.75, 3.05) is 6.61 Å². The molecule has 102 valence electrons. The predicted molar refractivity (Wildman–Crippen MR) is 79.3 cm³/mol. The predicted octanol–water partition coefficient (Wildman–Crippen LogP) is 3.54. The van der Waals surface area contributed by atoms with E-state index in [1.807, 2.05) is 19.1 Å². The van der Waals surface area contributed by atoms with Gasteiger partial charge in [-0.25, -0.2) is 4.79 Å². The van der Waals surface area contributed by atoms with Gasteiger partial charge in [-0.05, 0) is 41.5 Å². The average molecular weight is 287 g/mol. The highest BCUT2D eigenvalue weighted by Crippen LogP contribution is 2.26. The van der Waals surface area contributed by atoms with Crippen LogP contribution in [0.4, 0.5) is 0 Å². The van der Waals surface area contributed by atoms with Crippen molar-refractivity contribution in [3.05, 3.63) is 47.0 Å². The Labute approximate surface area is 118 Å². The molecule has 1 unspecified atom stereocenters. The highest BCUT2D eigenvalue weighted by molar-refractivity contribution is 7.31. The van der Waals surface area contributed by atoms with Gasteiger partial charge in [0.15, 0.2) is 0 Å². The molecule has 0 aromatic heterocycles. The topological polar surface area (TPSA) is 70.3 Å². The van der Waals surface area contributed by atoms with Gasteiger partial charge in [-0.15, -0.1) is 0 Å². The molecule has 5 heteroatoms. The fraction of sp³-hybridized carbons (Fsp3) is 0.200. The van der Waals surface area contributed by atoms with Crippen molar-refractivity contribution in [1.29, 1.82) is 5.26 Å². The number of hydrogen-bond donors (Lipinski definition) is 1. The van der Waals surface area contributed by atoms with Crippen LogP contribution < -0.4 is 0 Å². The molecule has 0 aliphatic heterocycles. The quantitative estimate of drug-likeness (QED) is 0.674. The van der Waals surface area contributed by atoms with Crippen LogP contribution in [0.1, 0.15) is 28.4 Å². The third kappa shape index (κ3) is 3.14. The molecule has 0 saturated carbocycles. The van der Waals surface area contributed by atoms with E-state index in [4.69, 9.17) is 9.63 Å². The number of fused-ring (bicyclic) bond motifs is 1. The Bertz CT molecular complexity index is 691. The van der Waals surface area contributed by atoms with Crippen molar-refractivity contribution in [3.63, 3.8) is 0 Å². The lowest BCUT2D eigenvalue weighted by Crippen LogP contribution is -1.96. The number of nitriles is 1. The van der Waals surface area contributed by atoms with Crippen molar-refractivity contribution in [2.24, 2.45) is 0 Å². The standard InChI is InChI=1S/C15H14NO3P/c1-2-19-20-9-10-5-12-7-11(15(17)18)3-4-14(12)13(6-10)8-16/h3-7,20H,2,9H2,1H3,(H,17,18). The summed E-state index contributed by atoms with van der Waals surface area (Å²) in [6.07, 6.45) is 0.732. The molecule has 0 aliphatic carbocycles. The van der Waals surface area contributed by atoms with Gasteiger partial charge in [0.25, 0.3) is 0 Å². The number of rotatable bonds is 5. The molecule has 2 aromatic rings. The Hall–Kier alpha value is -1.95. The number of carboxylic acids is 1. The minimum absolute atomic E-state index is 0.228. The Morgan fingerprint density at radius 3 is 2.85 bits per heavy atom. The molecular formula is C15H14NO3P. The van der Waals surface area contributed by atoms with E-state index in [1.54, 1.807) is 12.1 Å². The maximum atomic E-state index is 11.0. The van der Waals surface area contributed by atoms with E-state index in [0.29, 0.717) is 21.0 Å². The van der Waals surface area contributed by atoms with E-state index in [0.717, 1.165) is 22.5 Å². The molecule has 1 atom stereocenters. The molecule has 4 nitrogen and oxygen atoms in total. The van der Waals surface area contributed by atoms with Gasteiger partial charge in [0.05, 0.1) is 17.2 Å². The summed E-state index contributed by atoms with van der Waals surface area (Å²) in [5, 5.41) is 19.8. The second kappa shape index (κ2) is 6.47. The summed E-state index contributed by atoms with van der Waals surface area (Å²) in [5.74, 6) is -0.966. The monoisotopic (exact) mass is 287 g/mol. The molecule has 0 fully saturated rings. The first kappa shape index (κ1) is 14.5. The second-order valence-corrected chi connectivity index (χ2v) is 5.18. The molecule has 0 saturated heterocycles. The smallest absolute Gasteiger partial charge is 0.335 e. The largest absolute Gasteiger partial charge is 0.478 e. The van der Waals surface area contributed by atoms with Crippen LogP contribution in [0.15, 0.2) is 30.3 Å². The lowest BCUT2D eigenvalue weighted by Gasteiger charge is -2.07. The van der Waals surface area contributed by atoms with Crippen LogP contribution in [-0.2, 0) is 10.7 Å². The normalized spacial score (nSPS) is 11.0. The van der Waals surface area contributed by atoms with Gasteiger partial charge in [0.1, 0.15) is 0 Å². The zero-order valence-electron chi connectivity index (χ0n) is 11.0. The summed E-state index contributed by atoms with van der Waals surface area (Å²) in [6, 6.07) is 10.7. The molecule has 0 aliphatic rings. The Morgan fingerprint density at radius 1 is 1.40 bits per heavy atom. The molecule has 0 amide bonds. The van der Waals surface area contributed by atoms with Gasteiger partial charge >= 0.3 is 5.97 Å². The van der Waals surface area contributed by atoms with E-state index in [9.17, 15) is 10.1 Å². The third-order valence-electron chi connectivity index (χ3n) is 2.90. The van der Waals surface area contributed by atoms with Crippen LogP contribution >= 0.6 is 8.81 Å². The molecule has 0 radical (unpaired) electrons. The van der Waals surface area contributed by atoms with E-state index >= 15 is 0 Å². The molecule has 0 bridgehead atoms. The number of benzene rings is 2. The van der Waals surface area contributed by atoms with Crippen LogP contribution in [0.5, 0.6) is 0 Å². The molecule has 0 spiro atoms. The first-order valence-corrected chi connectivity index (χ1v) is 7.32. The summed E-state index contributed by atoms with van der Waals surface area (Å²) in [7, 11) is 0.345. The number of aromatic carboxylic acids is 1. The van der Waals surface area contributed by atoms with Gasteiger partial charge in [0, 0.05) is 21.6 Å². The highest BCUT2D eigenvalue weighted by Gasteiger charge is 2.08.